The SMILES string of the molecule is CC1CN(C(=O)NCCCCCCN2C(=O)C=CC2=O)C1. The van der Waals surface area contributed by atoms with Gasteiger partial charge < -0.3 is 10.2 Å². The molecule has 21 heavy (non-hydrogen) atoms. The Bertz CT molecular complexity index is 423. The van der Waals surface area contributed by atoms with Gasteiger partial charge in [-0.25, -0.2) is 4.79 Å². The van der Waals surface area contributed by atoms with Gasteiger partial charge in [-0.2, -0.15) is 0 Å². The summed E-state index contributed by atoms with van der Waals surface area (Å²) >= 11 is 0. The van der Waals surface area contributed by atoms with Crippen LogP contribution in [0.25, 0.3) is 0 Å². The van der Waals surface area contributed by atoms with Crippen molar-refractivity contribution >= 4 is 17.8 Å². The number of rotatable bonds is 7. The standard InChI is InChI=1S/C15H23N3O3/c1-12-10-17(11-12)15(21)16-8-4-2-3-5-9-18-13(19)6-7-14(18)20/h6-7,12H,2-5,8-11H2,1H3,(H,16,21). The highest BCUT2D eigenvalue weighted by Gasteiger charge is 2.26. The van der Waals surface area contributed by atoms with E-state index in [1.807, 2.05) is 4.90 Å². The van der Waals surface area contributed by atoms with Gasteiger partial charge in [0.05, 0.1) is 0 Å². The van der Waals surface area contributed by atoms with Crippen LogP contribution in [0.5, 0.6) is 0 Å². The van der Waals surface area contributed by atoms with Crippen LogP contribution >= 0.6 is 0 Å². The number of nitrogens with zero attached hydrogens (tertiary/aromatic N) is 2. The lowest BCUT2D eigenvalue weighted by Crippen LogP contribution is -2.52. The zero-order chi connectivity index (χ0) is 15.2. The highest BCUT2D eigenvalue weighted by Crippen LogP contribution is 2.13. The lowest BCUT2D eigenvalue weighted by Gasteiger charge is -2.37. The van der Waals surface area contributed by atoms with Gasteiger partial charge in [-0.3, -0.25) is 14.5 Å². The summed E-state index contributed by atoms with van der Waals surface area (Å²) in [6.07, 6.45) is 6.31. The minimum Gasteiger partial charge on any atom is -0.338 e. The molecule has 6 heteroatoms. The molecule has 6 nitrogen and oxygen atoms in total. The predicted molar refractivity (Wildman–Crippen MR) is 78.5 cm³/mol. The average Bonchev–Trinajstić information content (AvgIpc) is 2.74. The Morgan fingerprint density at radius 2 is 1.76 bits per heavy atom. The summed E-state index contributed by atoms with van der Waals surface area (Å²) in [5.41, 5.74) is 0. The minimum absolute atomic E-state index is 0.0347. The molecule has 0 radical (unpaired) electrons. The van der Waals surface area contributed by atoms with E-state index in [0.29, 0.717) is 19.0 Å². The molecular weight excluding hydrogens is 270 g/mol. The van der Waals surface area contributed by atoms with Gasteiger partial charge in [0.15, 0.2) is 0 Å². The molecule has 0 atom stereocenters. The molecule has 0 aromatic carbocycles. The second-order valence-corrected chi connectivity index (χ2v) is 5.82. The van der Waals surface area contributed by atoms with Gasteiger partial charge in [-0.05, 0) is 18.8 Å². The van der Waals surface area contributed by atoms with Crippen molar-refractivity contribution in [2.45, 2.75) is 32.6 Å². The average molecular weight is 293 g/mol. The number of imide groups is 1. The smallest absolute Gasteiger partial charge is 0.317 e. The molecule has 0 bridgehead atoms. The van der Waals surface area contributed by atoms with Gasteiger partial charge in [0.25, 0.3) is 11.8 Å². The monoisotopic (exact) mass is 293 g/mol. The Hall–Kier alpha value is -1.85. The van der Waals surface area contributed by atoms with E-state index >= 15 is 0 Å². The molecule has 116 valence electrons. The first-order valence-electron chi connectivity index (χ1n) is 7.64. The van der Waals surface area contributed by atoms with Crippen molar-refractivity contribution in [2.24, 2.45) is 5.92 Å². The van der Waals surface area contributed by atoms with E-state index in [-0.39, 0.29) is 17.8 Å². The zero-order valence-corrected chi connectivity index (χ0v) is 12.5. The molecule has 1 fully saturated rings. The van der Waals surface area contributed by atoms with Crippen molar-refractivity contribution in [3.63, 3.8) is 0 Å². The summed E-state index contributed by atoms with van der Waals surface area (Å²) in [6, 6.07) is 0.0347. The Kier molecular flexibility index (Phi) is 5.36. The van der Waals surface area contributed by atoms with Crippen molar-refractivity contribution < 1.29 is 14.4 Å². The van der Waals surface area contributed by atoms with E-state index in [2.05, 4.69) is 12.2 Å². The van der Waals surface area contributed by atoms with E-state index in [1.54, 1.807) is 0 Å². The van der Waals surface area contributed by atoms with Crippen LogP contribution in [0.1, 0.15) is 32.6 Å². The zero-order valence-electron chi connectivity index (χ0n) is 12.5. The highest BCUT2D eigenvalue weighted by molar-refractivity contribution is 6.12. The van der Waals surface area contributed by atoms with E-state index in [1.165, 1.54) is 17.1 Å². The van der Waals surface area contributed by atoms with Crippen molar-refractivity contribution in [3.8, 4) is 0 Å². The molecule has 0 aromatic rings. The van der Waals surface area contributed by atoms with Crippen LogP contribution in [0.3, 0.4) is 0 Å². The molecule has 0 aliphatic carbocycles. The lowest BCUT2D eigenvalue weighted by molar-refractivity contribution is -0.136. The predicted octanol–water partition coefficient (Wildman–Crippen LogP) is 1.13. The van der Waals surface area contributed by atoms with Gasteiger partial charge in [-0.15, -0.1) is 0 Å². The van der Waals surface area contributed by atoms with Gasteiger partial charge in [0.1, 0.15) is 0 Å². The number of unbranched alkanes of at least 4 members (excludes halogenated alkanes) is 3. The summed E-state index contributed by atoms with van der Waals surface area (Å²) in [5, 5.41) is 2.91. The van der Waals surface area contributed by atoms with Gasteiger partial charge in [-0.1, -0.05) is 19.8 Å². The maximum Gasteiger partial charge on any atom is 0.317 e. The molecule has 2 aliphatic heterocycles. The van der Waals surface area contributed by atoms with E-state index in [0.717, 1.165) is 38.8 Å². The molecule has 2 heterocycles. The number of carbonyl (C=O) groups is 3. The van der Waals surface area contributed by atoms with Crippen LogP contribution < -0.4 is 5.32 Å². The van der Waals surface area contributed by atoms with E-state index in [4.69, 9.17) is 0 Å². The maximum absolute atomic E-state index is 11.6. The molecule has 0 unspecified atom stereocenters. The Labute approximate surface area is 125 Å². The van der Waals surface area contributed by atoms with E-state index in [9.17, 15) is 14.4 Å². The third-order valence-corrected chi connectivity index (χ3v) is 3.84. The Balaban J connectivity index is 1.44. The van der Waals surface area contributed by atoms with Crippen molar-refractivity contribution in [2.75, 3.05) is 26.2 Å². The maximum atomic E-state index is 11.6. The first-order valence-corrected chi connectivity index (χ1v) is 7.64. The number of urea groups is 1. The number of hydrogen-bond donors (Lipinski definition) is 1. The van der Waals surface area contributed by atoms with Crippen LogP contribution in [0.4, 0.5) is 4.79 Å². The normalized spacial score (nSPS) is 18.3. The largest absolute Gasteiger partial charge is 0.338 e. The molecule has 0 spiro atoms. The second kappa shape index (κ2) is 7.24. The van der Waals surface area contributed by atoms with Gasteiger partial charge in [0, 0.05) is 38.3 Å². The van der Waals surface area contributed by atoms with Crippen LogP contribution in [-0.4, -0.2) is 53.8 Å². The van der Waals surface area contributed by atoms with Crippen molar-refractivity contribution in [1.82, 2.24) is 15.1 Å². The topological polar surface area (TPSA) is 69.7 Å². The molecule has 0 aromatic heterocycles. The lowest BCUT2D eigenvalue weighted by atomic mass is 10.0. The molecular formula is C15H23N3O3. The molecule has 4 amide bonds. The number of amides is 4. The van der Waals surface area contributed by atoms with Gasteiger partial charge in [0.2, 0.25) is 0 Å². The molecule has 2 rings (SSSR count). The summed E-state index contributed by atoms with van der Waals surface area (Å²) in [4.78, 5) is 37.4. The van der Waals surface area contributed by atoms with Crippen molar-refractivity contribution in [1.29, 1.82) is 0 Å². The Morgan fingerprint density at radius 3 is 2.38 bits per heavy atom. The minimum atomic E-state index is -0.212. The third-order valence-electron chi connectivity index (χ3n) is 3.84. The summed E-state index contributed by atoms with van der Waals surface area (Å²) in [7, 11) is 0. The summed E-state index contributed by atoms with van der Waals surface area (Å²) < 4.78 is 0. The fourth-order valence-corrected chi connectivity index (χ4v) is 2.57. The second-order valence-electron chi connectivity index (χ2n) is 5.82. The van der Waals surface area contributed by atoms with E-state index < -0.39 is 0 Å². The van der Waals surface area contributed by atoms with Crippen LogP contribution in [0.15, 0.2) is 12.2 Å². The molecule has 1 saturated heterocycles. The Morgan fingerprint density at radius 1 is 1.14 bits per heavy atom. The number of nitrogens with one attached hydrogen (secondary N) is 1. The molecule has 1 N–H and O–H groups in total. The summed E-state index contributed by atoms with van der Waals surface area (Å²) in [6.45, 7) is 5.03. The van der Waals surface area contributed by atoms with Crippen molar-refractivity contribution in [3.05, 3.63) is 12.2 Å². The van der Waals surface area contributed by atoms with Crippen LogP contribution in [-0.2, 0) is 9.59 Å². The fourth-order valence-electron chi connectivity index (χ4n) is 2.57. The first kappa shape index (κ1) is 15.5. The third kappa shape index (κ3) is 4.31. The first-order chi connectivity index (χ1) is 10.1. The molecule has 0 saturated carbocycles. The quantitative estimate of drug-likeness (QED) is 0.565. The highest BCUT2D eigenvalue weighted by atomic mass is 16.2. The van der Waals surface area contributed by atoms with Crippen LogP contribution in [0, 0.1) is 5.92 Å². The number of carbonyl (C=O) groups excluding carboxylic acids is 3. The number of likely N-dealkylation sites (tertiary alicyclic amines) is 1. The molecule has 2 aliphatic rings. The summed E-state index contributed by atoms with van der Waals surface area (Å²) in [5.74, 6) is 0.202. The fraction of sp³-hybridized carbons (Fsp3) is 0.667. The van der Waals surface area contributed by atoms with Gasteiger partial charge >= 0.3 is 6.03 Å². The number of hydrogen-bond acceptors (Lipinski definition) is 3. The van der Waals surface area contributed by atoms with Crippen LogP contribution in [0.2, 0.25) is 0 Å².